The number of nitrogens with two attached hydrogens (primary N) is 1. The first-order valence-electron chi connectivity index (χ1n) is 12.8. The number of nitriles is 1. The molecule has 1 atom stereocenters. The van der Waals surface area contributed by atoms with Gasteiger partial charge in [-0.15, -0.1) is 11.8 Å². The van der Waals surface area contributed by atoms with Crippen molar-refractivity contribution in [3.05, 3.63) is 116 Å². The molecule has 1 heterocycles. The second kappa shape index (κ2) is 10.8. The maximum atomic E-state index is 13.6. The summed E-state index contributed by atoms with van der Waals surface area (Å²) in [4.78, 5) is 16.7. The summed E-state index contributed by atoms with van der Waals surface area (Å²) in [7, 11) is 0. The van der Waals surface area contributed by atoms with Gasteiger partial charge in [0.05, 0.1) is 23.2 Å². The van der Waals surface area contributed by atoms with Gasteiger partial charge < -0.3 is 5.73 Å². The third-order valence-corrected chi connectivity index (χ3v) is 9.16. The van der Waals surface area contributed by atoms with Gasteiger partial charge >= 0.3 is 0 Å². The van der Waals surface area contributed by atoms with E-state index in [-0.39, 0.29) is 5.78 Å². The van der Waals surface area contributed by atoms with Gasteiger partial charge in [0, 0.05) is 32.8 Å². The molecule has 1 aliphatic carbocycles. The van der Waals surface area contributed by atoms with Crippen LogP contribution >= 0.6 is 27.7 Å². The van der Waals surface area contributed by atoms with E-state index in [4.69, 9.17) is 5.73 Å². The monoisotopic (exact) mass is 583 g/mol. The zero-order valence-electron chi connectivity index (χ0n) is 21.8. The first-order valence-corrected chi connectivity index (χ1v) is 14.6. The molecule has 0 saturated heterocycles. The number of para-hydroxylation sites is 1. The second-order valence-corrected chi connectivity index (χ2v) is 11.9. The van der Waals surface area contributed by atoms with Crippen LogP contribution in [0.15, 0.2) is 92.7 Å². The number of ketones is 1. The zero-order chi connectivity index (χ0) is 27.0. The number of Topliss-reactive ketones (excluding diaryl/α,β-unsaturated/α-hetero) is 1. The first-order chi connectivity index (χ1) is 18.3. The van der Waals surface area contributed by atoms with Crippen LogP contribution in [0.3, 0.4) is 0 Å². The molecule has 2 N–H and O–H groups in total. The third-order valence-electron chi connectivity index (χ3n) is 7.43. The van der Waals surface area contributed by atoms with Crippen molar-refractivity contribution in [3.63, 3.8) is 0 Å². The van der Waals surface area contributed by atoms with E-state index in [9.17, 15) is 10.1 Å². The summed E-state index contributed by atoms with van der Waals surface area (Å²) in [6.45, 7) is 6.28. The van der Waals surface area contributed by atoms with Crippen molar-refractivity contribution < 1.29 is 4.79 Å². The number of rotatable bonds is 5. The molecular formula is C32H30BrN3OS. The number of halogens is 1. The fourth-order valence-corrected chi connectivity index (χ4v) is 6.93. The van der Waals surface area contributed by atoms with Gasteiger partial charge in [0.15, 0.2) is 5.78 Å². The molecule has 0 aromatic heterocycles. The second-order valence-electron chi connectivity index (χ2n) is 10.0. The smallest absolute Gasteiger partial charge is 0.161 e. The fourth-order valence-electron chi connectivity index (χ4n) is 5.51. The van der Waals surface area contributed by atoms with E-state index >= 15 is 0 Å². The van der Waals surface area contributed by atoms with Crippen molar-refractivity contribution in [1.82, 2.24) is 0 Å². The quantitative estimate of drug-likeness (QED) is 0.308. The summed E-state index contributed by atoms with van der Waals surface area (Å²) in [5.41, 5.74) is 15.4. The average molecular weight is 585 g/mol. The molecule has 3 aromatic rings. The summed E-state index contributed by atoms with van der Waals surface area (Å²) in [6.07, 6.45) is 1.99. The number of benzene rings is 3. The van der Waals surface area contributed by atoms with Crippen LogP contribution in [0.25, 0.3) is 0 Å². The van der Waals surface area contributed by atoms with Gasteiger partial charge in [-0.25, -0.2) is 0 Å². The number of allylic oxidation sites excluding steroid dienone is 3. The lowest BCUT2D eigenvalue weighted by Gasteiger charge is -2.40. The van der Waals surface area contributed by atoms with E-state index in [0.717, 1.165) is 51.1 Å². The predicted molar refractivity (Wildman–Crippen MR) is 159 cm³/mol. The number of anilines is 1. The Labute approximate surface area is 237 Å². The van der Waals surface area contributed by atoms with Gasteiger partial charge in [-0.2, -0.15) is 5.26 Å². The molecule has 5 rings (SSSR count). The lowest BCUT2D eigenvalue weighted by atomic mass is 9.73. The molecule has 2 aliphatic rings. The molecule has 1 aliphatic heterocycles. The molecule has 4 nitrogen and oxygen atoms in total. The Hall–Kier alpha value is -3.27. The molecule has 0 saturated carbocycles. The maximum absolute atomic E-state index is 13.6. The highest BCUT2D eigenvalue weighted by Gasteiger charge is 2.41. The van der Waals surface area contributed by atoms with Crippen molar-refractivity contribution >= 4 is 39.2 Å². The summed E-state index contributed by atoms with van der Waals surface area (Å²) in [6, 6.07) is 23.1. The van der Waals surface area contributed by atoms with Gasteiger partial charge in [-0.05, 0) is 90.5 Å². The van der Waals surface area contributed by atoms with Crippen LogP contribution < -0.4 is 10.6 Å². The van der Waals surface area contributed by atoms with E-state index in [1.54, 1.807) is 11.8 Å². The van der Waals surface area contributed by atoms with Gasteiger partial charge in [0.25, 0.3) is 0 Å². The average Bonchev–Trinajstić information content (AvgIpc) is 2.90. The summed E-state index contributed by atoms with van der Waals surface area (Å²) in [5, 5.41) is 10.4. The van der Waals surface area contributed by atoms with E-state index < -0.39 is 5.92 Å². The summed E-state index contributed by atoms with van der Waals surface area (Å²) >= 11 is 5.45. The lowest BCUT2D eigenvalue weighted by Crippen LogP contribution is -2.39. The molecule has 0 radical (unpaired) electrons. The van der Waals surface area contributed by atoms with Crippen LogP contribution in [0.1, 0.15) is 53.0 Å². The van der Waals surface area contributed by atoms with E-state index in [2.05, 4.69) is 79.2 Å². The molecule has 192 valence electrons. The molecule has 0 amide bonds. The Bertz CT molecular complexity index is 1530. The largest absolute Gasteiger partial charge is 0.384 e. The SMILES string of the molecule is Cc1ccc(SCc2cc(C)cc(C3C(C#N)=C(N)N(c4ccccc4Br)C4=C3C(=O)CCC4)c2C)cc1. The Morgan fingerprint density at radius 2 is 1.79 bits per heavy atom. The molecule has 0 fully saturated rings. The Morgan fingerprint density at radius 1 is 1.05 bits per heavy atom. The van der Waals surface area contributed by atoms with Crippen LogP contribution in [0, 0.1) is 32.1 Å². The Balaban J connectivity index is 1.64. The summed E-state index contributed by atoms with van der Waals surface area (Å²) < 4.78 is 0.866. The predicted octanol–water partition coefficient (Wildman–Crippen LogP) is 7.97. The van der Waals surface area contributed by atoms with Crippen LogP contribution in [0.5, 0.6) is 0 Å². The number of hydrogen-bond donors (Lipinski definition) is 1. The van der Waals surface area contributed by atoms with Crippen molar-refractivity contribution in [1.29, 1.82) is 5.26 Å². The van der Waals surface area contributed by atoms with E-state index in [1.807, 2.05) is 29.2 Å². The van der Waals surface area contributed by atoms with Gasteiger partial charge in [0.2, 0.25) is 0 Å². The normalized spacial score (nSPS) is 17.5. The number of carbonyl (C=O) groups excluding carboxylic acids is 1. The highest BCUT2D eigenvalue weighted by atomic mass is 79.9. The number of aryl methyl sites for hydroxylation is 2. The number of hydrogen-bond acceptors (Lipinski definition) is 5. The van der Waals surface area contributed by atoms with E-state index in [0.29, 0.717) is 23.4 Å². The number of nitrogens with zero attached hydrogens (tertiary/aromatic N) is 2. The standard InChI is InChI=1S/C32H30BrN3OS/c1-19-11-13-23(14-12-19)38-18-22-15-20(2)16-24(21(22)3)30-25(17-34)32(35)36(27-8-5-4-7-26(27)33)28-9-6-10-29(37)31(28)30/h4-5,7-8,11-16,30H,6,9-10,18,35H2,1-3H3. The highest BCUT2D eigenvalue weighted by Crippen LogP contribution is 2.48. The van der Waals surface area contributed by atoms with Crippen molar-refractivity contribution in [2.24, 2.45) is 5.73 Å². The minimum Gasteiger partial charge on any atom is -0.384 e. The first kappa shape index (κ1) is 26.3. The number of carbonyl (C=O) groups is 1. The van der Waals surface area contributed by atoms with Gasteiger partial charge in [-0.1, -0.05) is 47.5 Å². The Morgan fingerprint density at radius 3 is 2.50 bits per heavy atom. The third kappa shape index (κ3) is 4.81. The molecule has 3 aromatic carbocycles. The highest BCUT2D eigenvalue weighted by molar-refractivity contribution is 9.10. The summed E-state index contributed by atoms with van der Waals surface area (Å²) in [5.74, 6) is 0.837. The molecule has 6 heteroatoms. The van der Waals surface area contributed by atoms with Crippen LogP contribution in [-0.2, 0) is 10.5 Å². The van der Waals surface area contributed by atoms with Crippen LogP contribution in [-0.4, -0.2) is 5.78 Å². The van der Waals surface area contributed by atoms with Gasteiger partial charge in [-0.3, -0.25) is 9.69 Å². The zero-order valence-corrected chi connectivity index (χ0v) is 24.2. The van der Waals surface area contributed by atoms with Crippen molar-refractivity contribution in [3.8, 4) is 6.07 Å². The minimum atomic E-state index is -0.468. The van der Waals surface area contributed by atoms with Gasteiger partial charge in [0.1, 0.15) is 5.82 Å². The molecular weight excluding hydrogens is 554 g/mol. The molecule has 0 bridgehead atoms. The topological polar surface area (TPSA) is 70.1 Å². The molecule has 0 spiro atoms. The van der Waals surface area contributed by atoms with Crippen molar-refractivity contribution in [2.75, 3.05) is 4.90 Å². The lowest BCUT2D eigenvalue weighted by molar-refractivity contribution is -0.116. The Kier molecular flexibility index (Phi) is 7.52. The fraction of sp³-hybridized carbons (Fsp3) is 0.250. The molecule has 1 unspecified atom stereocenters. The van der Waals surface area contributed by atoms with Crippen LogP contribution in [0.4, 0.5) is 5.69 Å². The minimum absolute atomic E-state index is 0.102. The van der Waals surface area contributed by atoms with Crippen molar-refractivity contribution in [2.45, 2.75) is 56.6 Å². The van der Waals surface area contributed by atoms with Crippen LogP contribution in [0.2, 0.25) is 0 Å². The maximum Gasteiger partial charge on any atom is 0.161 e. The van der Waals surface area contributed by atoms with E-state index in [1.165, 1.54) is 16.0 Å². The number of thioether (sulfide) groups is 1. The molecule has 38 heavy (non-hydrogen) atoms.